The van der Waals surface area contributed by atoms with E-state index in [9.17, 15) is 10.1 Å². The van der Waals surface area contributed by atoms with Crippen LogP contribution in [-0.4, -0.2) is 16.5 Å². The second kappa shape index (κ2) is 6.15. The van der Waals surface area contributed by atoms with Crippen molar-refractivity contribution in [2.45, 2.75) is 6.42 Å². The molecule has 0 radical (unpaired) electrons. The molecular formula is C9H9N5O2. The first-order valence-corrected chi connectivity index (χ1v) is 4.52. The number of hydrogen-bond acceptors (Lipinski definition) is 4. The van der Waals surface area contributed by atoms with Gasteiger partial charge in [0.05, 0.1) is 10.6 Å². The zero-order valence-corrected chi connectivity index (χ0v) is 8.35. The van der Waals surface area contributed by atoms with Gasteiger partial charge in [0.25, 0.3) is 5.69 Å². The van der Waals surface area contributed by atoms with Crippen LogP contribution in [0.1, 0.15) is 12.1 Å². The molecule has 7 heteroatoms. The second-order valence-electron chi connectivity index (χ2n) is 2.84. The largest absolute Gasteiger partial charge is 0.273 e. The third kappa shape index (κ3) is 3.77. The van der Waals surface area contributed by atoms with Gasteiger partial charge in [-0.2, -0.15) is 0 Å². The fourth-order valence-electron chi connectivity index (χ4n) is 1.02. The highest BCUT2D eigenvalue weighted by Gasteiger charge is 2.04. The molecule has 0 atom stereocenters. The summed E-state index contributed by atoms with van der Waals surface area (Å²) in [6, 6.07) is 2.71. The van der Waals surface area contributed by atoms with Crippen molar-refractivity contribution in [3.63, 3.8) is 0 Å². The lowest BCUT2D eigenvalue weighted by molar-refractivity contribution is -0.384. The van der Waals surface area contributed by atoms with Crippen LogP contribution in [0.25, 0.3) is 16.5 Å². The van der Waals surface area contributed by atoms with Gasteiger partial charge in [-0.25, -0.2) is 0 Å². The summed E-state index contributed by atoms with van der Waals surface area (Å²) in [4.78, 5) is 16.5. The lowest BCUT2D eigenvalue weighted by atomic mass is 10.3. The average Bonchev–Trinajstić information content (AvgIpc) is 2.29. The molecule has 82 valence electrons. The van der Waals surface area contributed by atoms with Crippen molar-refractivity contribution in [1.82, 2.24) is 4.98 Å². The van der Waals surface area contributed by atoms with Gasteiger partial charge in [0, 0.05) is 29.8 Å². The Balaban J connectivity index is 2.63. The number of rotatable bonds is 5. The van der Waals surface area contributed by atoms with Crippen molar-refractivity contribution >= 4 is 11.8 Å². The molecule has 0 amide bonds. The van der Waals surface area contributed by atoms with Crippen LogP contribution in [0.3, 0.4) is 0 Å². The second-order valence-corrected chi connectivity index (χ2v) is 2.84. The third-order valence-electron chi connectivity index (χ3n) is 1.72. The summed E-state index contributed by atoms with van der Waals surface area (Å²) in [6.45, 7) is 0.363. The molecule has 0 saturated heterocycles. The van der Waals surface area contributed by atoms with Gasteiger partial charge >= 0.3 is 0 Å². The Morgan fingerprint density at radius 1 is 1.69 bits per heavy atom. The number of aromatic nitrogens is 1. The molecule has 0 saturated carbocycles. The summed E-state index contributed by atoms with van der Waals surface area (Å²) >= 11 is 0. The van der Waals surface area contributed by atoms with Crippen LogP contribution in [0.4, 0.5) is 5.69 Å². The van der Waals surface area contributed by atoms with Crippen molar-refractivity contribution < 1.29 is 4.92 Å². The van der Waals surface area contributed by atoms with Gasteiger partial charge in [-0.15, -0.1) is 0 Å². The molecule has 7 nitrogen and oxygen atoms in total. The minimum Gasteiger partial charge on any atom is -0.258 e. The van der Waals surface area contributed by atoms with Gasteiger partial charge in [0.15, 0.2) is 0 Å². The Labute approximate surface area is 91.2 Å². The summed E-state index contributed by atoms with van der Waals surface area (Å²) in [7, 11) is 0. The molecule has 0 aliphatic rings. The van der Waals surface area contributed by atoms with E-state index >= 15 is 0 Å². The van der Waals surface area contributed by atoms with Crippen LogP contribution in [0.5, 0.6) is 0 Å². The zero-order valence-electron chi connectivity index (χ0n) is 8.35. The fraction of sp³-hybridized carbons (Fsp3) is 0.222. The molecule has 0 aliphatic heterocycles. The summed E-state index contributed by atoms with van der Waals surface area (Å²) in [6.07, 6.45) is 5.36. The van der Waals surface area contributed by atoms with E-state index in [4.69, 9.17) is 5.53 Å². The normalized spacial score (nSPS) is 10.0. The monoisotopic (exact) mass is 219 g/mol. The maximum absolute atomic E-state index is 10.5. The van der Waals surface area contributed by atoms with Crippen LogP contribution in [-0.2, 0) is 0 Å². The fourth-order valence-corrected chi connectivity index (χ4v) is 1.02. The smallest absolute Gasteiger partial charge is 0.258 e. The quantitative estimate of drug-likeness (QED) is 0.190. The van der Waals surface area contributed by atoms with Gasteiger partial charge in [0.1, 0.15) is 0 Å². The van der Waals surface area contributed by atoms with Gasteiger partial charge in [-0.05, 0) is 18.0 Å². The summed E-state index contributed by atoms with van der Waals surface area (Å²) in [5.74, 6) is 0. The van der Waals surface area contributed by atoms with Gasteiger partial charge in [-0.1, -0.05) is 11.2 Å². The van der Waals surface area contributed by atoms with Crippen LogP contribution >= 0.6 is 0 Å². The molecule has 0 fully saturated rings. The van der Waals surface area contributed by atoms with E-state index in [0.29, 0.717) is 18.7 Å². The Kier molecular flexibility index (Phi) is 4.49. The maximum atomic E-state index is 10.5. The van der Waals surface area contributed by atoms with Gasteiger partial charge in [-0.3, -0.25) is 15.1 Å². The molecule has 0 unspecified atom stereocenters. The van der Waals surface area contributed by atoms with Crippen molar-refractivity contribution in [1.29, 1.82) is 0 Å². The van der Waals surface area contributed by atoms with Crippen LogP contribution in [0.2, 0.25) is 0 Å². The zero-order chi connectivity index (χ0) is 11.8. The number of pyridine rings is 1. The third-order valence-corrected chi connectivity index (χ3v) is 1.72. The highest BCUT2D eigenvalue weighted by Crippen LogP contribution is 2.11. The molecule has 0 N–H and O–H groups in total. The topological polar surface area (TPSA) is 105 Å². The van der Waals surface area contributed by atoms with Crippen molar-refractivity contribution in [3.05, 3.63) is 50.7 Å². The lowest BCUT2D eigenvalue weighted by Crippen LogP contribution is -1.89. The van der Waals surface area contributed by atoms with E-state index in [2.05, 4.69) is 15.0 Å². The van der Waals surface area contributed by atoms with Crippen LogP contribution in [0, 0.1) is 10.1 Å². The standard InChI is InChI=1S/C9H9N5O2/c10-13-12-5-2-1-3-8-7-9(14(15)16)4-6-11-8/h1,3-4,6-7H,2,5H2. The number of azide groups is 1. The van der Waals surface area contributed by atoms with E-state index < -0.39 is 4.92 Å². The van der Waals surface area contributed by atoms with Crippen LogP contribution < -0.4 is 0 Å². The van der Waals surface area contributed by atoms with E-state index in [-0.39, 0.29) is 5.69 Å². The van der Waals surface area contributed by atoms with Crippen molar-refractivity contribution in [2.24, 2.45) is 5.11 Å². The predicted octanol–water partition coefficient (Wildman–Crippen LogP) is 2.70. The van der Waals surface area contributed by atoms with Crippen molar-refractivity contribution in [3.8, 4) is 0 Å². The Morgan fingerprint density at radius 3 is 3.19 bits per heavy atom. The first kappa shape index (κ1) is 11.7. The highest BCUT2D eigenvalue weighted by molar-refractivity contribution is 5.48. The number of nitro groups is 1. The minimum atomic E-state index is -0.473. The summed E-state index contributed by atoms with van der Waals surface area (Å²) < 4.78 is 0. The Bertz CT molecular complexity index is 451. The van der Waals surface area contributed by atoms with E-state index in [0.717, 1.165) is 0 Å². The lowest BCUT2D eigenvalue weighted by Gasteiger charge is -1.93. The van der Waals surface area contributed by atoms with Gasteiger partial charge in [0.2, 0.25) is 0 Å². The SMILES string of the molecule is [N-]=[N+]=NCCC=Cc1cc([N+](=O)[O-])ccn1. The summed E-state index contributed by atoms with van der Waals surface area (Å²) in [5.41, 5.74) is 8.54. The maximum Gasteiger partial charge on any atom is 0.273 e. The molecule has 1 heterocycles. The molecule has 0 aromatic carbocycles. The van der Waals surface area contributed by atoms with Crippen LogP contribution in [0.15, 0.2) is 29.5 Å². The van der Waals surface area contributed by atoms with Crippen molar-refractivity contribution in [2.75, 3.05) is 6.54 Å². The molecule has 0 spiro atoms. The van der Waals surface area contributed by atoms with E-state index in [1.165, 1.54) is 18.3 Å². The summed E-state index contributed by atoms with van der Waals surface area (Å²) in [5, 5.41) is 13.8. The molecule has 16 heavy (non-hydrogen) atoms. The number of nitrogens with zero attached hydrogens (tertiary/aromatic N) is 5. The van der Waals surface area contributed by atoms with E-state index in [1.54, 1.807) is 12.2 Å². The first-order chi connectivity index (χ1) is 7.74. The van der Waals surface area contributed by atoms with Gasteiger partial charge < -0.3 is 0 Å². The highest BCUT2D eigenvalue weighted by atomic mass is 16.6. The molecule has 1 aromatic heterocycles. The van der Waals surface area contributed by atoms with E-state index in [1.807, 2.05) is 0 Å². The predicted molar refractivity (Wildman–Crippen MR) is 58.6 cm³/mol. The molecule has 1 aromatic rings. The molecule has 1 rings (SSSR count). The number of hydrogen-bond donors (Lipinski definition) is 0. The molecular weight excluding hydrogens is 210 g/mol. The Hall–Kier alpha value is -2.40. The average molecular weight is 219 g/mol. The molecule has 0 aliphatic carbocycles. The minimum absolute atomic E-state index is 0.00435. The molecule has 0 bridgehead atoms. The first-order valence-electron chi connectivity index (χ1n) is 4.52. The Morgan fingerprint density at radius 2 is 2.50 bits per heavy atom.